The van der Waals surface area contributed by atoms with E-state index in [-0.39, 0.29) is 0 Å². The number of hydrogen-bond donors (Lipinski definition) is 0. The summed E-state index contributed by atoms with van der Waals surface area (Å²) in [4.78, 5) is 0. The highest BCUT2D eigenvalue weighted by Gasteiger charge is 2.31. The Morgan fingerprint density at radius 2 is 1.44 bits per heavy atom. The molecule has 2 aliphatic carbocycles. The van der Waals surface area contributed by atoms with Crippen molar-refractivity contribution in [3.8, 4) is 0 Å². The topological polar surface area (TPSA) is 9.23 Å². The van der Waals surface area contributed by atoms with Gasteiger partial charge >= 0.3 is 0 Å². The lowest BCUT2D eigenvalue weighted by Crippen LogP contribution is -2.25. The van der Waals surface area contributed by atoms with Gasteiger partial charge in [-0.15, -0.1) is 0 Å². The SMILES string of the molecule is COCCCCC1CCC(C2CCC(c3ccc(Cl)cc3)CC2)CC1. The number of methoxy groups -OCH3 is 1. The number of ether oxygens (including phenoxy) is 1. The molecule has 0 unspecified atom stereocenters. The van der Waals surface area contributed by atoms with Crippen LogP contribution in [-0.2, 0) is 4.74 Å². The van der Waals surface area contributed by atoms with E-state index in [9.17, 15) is 0 Å². The van der Waals surface area contributed by atoms with E-state index in [0.717, 1.165) is 35.3 Å². The van der Waals surface area contributed by atoms with E-state index in [1.807, 2.05) is 7.11 Å². The van der Waals surface area contributed by atoms with Crippen molar-refractivity contribution >= 4 is 11.6 Å². The summed E-state index contributed by atoms with van der Waals surface area (Å²) in [6.07, 6.45) is 15.6. The maximum atomic E-state index is 6.03. The first-order valence-electron chi connectivity index (χ1n) is 10.5. The van der Waals surface area contributed by atoms with Crippen LogP contribution in [0.25, 0.3) is 0 Å². The Morgan fingerprint density at radius 3 is 2.04 bits per heavy atom. The van der Waals surface area contributed by atoms with Crippen molar-refractivity contribution in [1.82, 2.24) is 0 Å². The number of benzene rings is 1. The van der Waals surface area contributed by atoms with E-state index < -0.39 is 0 Å². The van der Waals surface area contributed by atoms with Crippen LogP contribution in [0.4, 0.5) is 0 Å². The molecule has 2 fully saturated rings. The molecule has 0 aliphatic heterocycles. The lowest BCUT2D eigenvalue weighted by molar-refractivity contribution is 0.151. The number of unbranched alkanes of at least 4 members (excludes halogenated alkanes) is 1. The zero-order valence-electron chi connectivity index (χ0n) is 15.9. The van der Waals surface area contributed by atoms with Gasteiger partial charge in [0.05, 0.1) is 0 Å². The molecule has 0 bridgehead atoms. The summed E-state index contributed by atoms with van der Waals surface area (Å²) in [5, 5.41) is 0.858. The van der Waals surface area contributed by atoms with Crippen LogP contribution in [0.1, 0.15) is 82.1 Å². The average Bonchev–Trinajstić information content (AvgIpc) is 2.67. The Bertz CT molecular complexity index is 481. The van der Waals surface area contributed by atoms with Gasteiger partial charge in [0.1, 0.15) is 0 Å². The Balaban J connectivity index is 1.37. The van der Waals surface area contributed by atoms with Gasteiger partial charge in [-0.05, 0) is 86.3 Å². The molecule has 0 aromatic heterocycles. The average molecular weight is 363 g/mol. The molecule has 140 valence electrons. The van der Waals surface area contributed by atoms with Crippen molar-refractivity contribution in [2.24, 2.45) is 17.8 Å². The Hall–Kier alpha value is -0.530. The summed E-state index contributed by atoms with van der Waals surface area (Å²) in [6, 6.07) is 8.58. The first-order valence-corrected chi connectivity index (χ1v) is 10.9. The van der Waals surface area contributed by atoms with Crippen molar-refractivity contribution < 1.29 is 4.74 Å². The standard InChI is InChI=1S/C23H35ClO/c1-25-17-3-2-4-18-5-7-19(8-6-18)20-9-11-21(12-10-20)22-13-15-23(24)16-14-22/h13-16,18-21H,2-12,17H2,1H3. The Kier molecular flexibility index (Phi) is 7.67. The third-order valence-electron chi connectivity index (χ3n) is 6.88. The fraction of sp³-hybridized carbons (Fsp3) is 0.739. The highest BCUT2D eigenvalue weighted by molar-refractivity contribution is 6.30. The van der Waals surface area contributed by atoms with Crippen LogP contribution >= 0.6 is 11.6 Å². The third kappa shape index (κ3) is 5.73. The van der Waals surface area contributed by atoms with Crippen molar-refractivity contribution in [1.29, 1.82) is 0 Å². The van der Waals surface area contributed by atoms with Crippen molar-refractivity contribution in [3.05, 3.63) is 34.9 Å². The number of hydrogen-bond acceptors (Lipinski definition) is 1. The van der Waals surface area contributed by atoms with Gasteiger partial charge in [0.25, 0.3) is 0 Å². The zero-order chi connectivity index (χ0) is 17.5. The van der Waals surface area contributed by atoms with Crippen molar-refractivity contribution in [2.45, 2.75) is 76.5 Å². The van der Waals surface area contributed by atoms with E-state index in [0.29, 0.717) is 0 Å². The molecule has 0 spiro atoms. The Labute approximate surface area is 159 Å². The second-order valence-corrected chi connectivity index (χ2v) is 8.87. The lowest BCUT2D eigenvalue weighted by atomic mass is 9.68. The predicted octanol–water partition coefficient (Wildman–Crippen LogP) is 7.24. The highest BCUT2D eigenvalue weighted by atomic mass is 35.5. The molecular formula is C23H35ClO. The van der Waals surface area contributed by atoms with Gasteiger partial charge < -0.3 is 4.74 Å². The van der Waals surface area contributed by atoms with Crippen molar-refractivity contribution in [3.63, 3.8) is 0 Å². The molecule has 2 aliphatic rings. The van der Waals surface area contributed by atoms with Gasteiger partial charge in [0, 0.05) is 18.7 Å². The molecule has 1 aromatic carbocycles. The molecule has 2 saturated carbocycles. The van der Waals surface area contributed by atoms with Gasteiger partial charge in [-0.3, -0.25) is 0 Å². The molecule has 0 saturated heterocycles. The molecule has 1 nitrogen and oxygen atoms in total. The predicted molar refractivity (Wildman–Crippen MR) is 107 cm³/mol. The van der Waals surface area contributed by atoms with E-state index in [1.165, 1.54) is 76.2 Å². The molecule has 0 N–H and O–H groups in total. The number of halogens is 1. The molecule has 2 heteroatoms. The summed E-state index contributed by atoms with van der Waals surface area (Å²) in [7, 11) is 1.81. The molecule has 3 rings (SSSR count). The van der Waals surface area contributed by atoms with Gasteiger partial charge in [0.2, 0.25) is 0 Å². The second kappa shape index (κ2) is 9.97. The molecule has 0 atom stereocenters. The smallest absolute Gasteiger partial charge is 0.0462 e. The fourth-order valence-corrected chi connectivity index (χ4v) is 5.41. The van der Waals surface area contributed by atoms with E-state index in [2.05, 4.69) is 24.3 Å². The Morgan fingerprint density at radius 1 is 0.840 bits per heavy atom. The molecule has 0 amide bonds. The zero-order valence-corrected chi connectivity index (χ0v) is 16.6. The molecule has 0 heterocycles. The van der Waals surface area contributed by atoms with E-state index >= 15 is 0 Å². The normalized spacial score (nSPS) is 30.3. The van der Waals surface area contributed by atoms with Gasteiger partial charge in [-0.25, -0.2) is 0 Å². The minimum Gasteiger partial charge on any atom is -0.385 e. The highest BCUT2D eigenvalue weighted by Crippen LogP contribution is 2.44. The van der Waals surface area contributed by atoms with Crippen LogP contribution in [0.15, 0.2) is 24.3 Å². The second-order valence-electron chi connectivity index (χ2n) is 8.43. The van der Waals surface area contributed by atoms with Crippen LogP contribution < -0.4 is 0 Å². The van der Waals surface area contributed by atoms with E-state index in [4.69, 9.17) is 16.3 Å². The third-order valence-corrected chi connectivity index (χ3v) is 7.13. The molecule has 0 radical (unpaired) electrons. The maximum absolute atomic E-state index is 6.03. The summed E-state index contributed by atoms with van der Waals surface area (Å²) < 4.78 is 5.17. The first kappa shape index (κ1) is 19.2. The van der Waals surface area contributed by atoms with Crippen LogP contribution in [0.5, 0.6) is 0 Å². The summed E-state index contributed by atoms with van der Waals surface area (Å²) in [5.41, 5.74) is 1.50. The minimum atomic E-state index is 0.769. The quantitative estimate of drug-likeness (QED) is 0.464. The largest absolute Gasteiger partial charge is 0.385 e. The maximum Gasteiger partial charge on any atom is 0.0462 e. The first-order chi connectivity index (χ1) is 12.3. The summed E-state index contributed by atoms with van der Waals surface area (Å²) >= 11 is 6.03. The van der Waals surface area contributed by atoms with Crippen LogP contribution in [0.3, 0.4) is 0 Å². The van der Waals surface area contributed by atoms with Gasteiger partial charge in [-0.2, -0.15) is 0 Å². The van der Waals surface area contributed by atoms with Crippen molar-refractivity contribution in [2.75, 3.05) is 13.7 Å². The lowest BCUT2D eigenvalue weighted by Gasteiger charge is -2.38. The van der Waals surface area contributed by atoms with Gasteiger partial charge in [-0.1, -0.05) is 49.4 Å². The number of rotatable bonds is 7. The minimum absolute atomic E-state index is 0.769. The summed E-state index contributed by atoms with van der Waals surface area (Å²) in [6.45, 7) is 0.937. The molecule has 1 aromatic rings. The van der Waals surface area contributed by atoms with Gasteiger partial charge in [0.15, 0.2) is 0 Å². The van der Waals surface area contributed by atoms with Crippen LogP contribution in [0.2, 0.25) is 5.02 Å². The monoisotopic (exact) mass is 362 g/mol. The molecular weight excluding hydrogens is 328 g/mol. The van der Waals surface area contributed by atoms with E-state index in [1.54, 1.807) is 0 Å². The fourth-order valence-electron chi connectivity index (χ4n) is 5.29. The van der Waals surface area contributed by atoms with Crippen LogP contribution in [0, 0.1) is 17.8 Å². The summed E-state index contributed by atoms with van der Waals surface area (Å²) in [5.74, 6) is 3.78. The molecule has 25 heavy (non-hydrogen) atoms. The van der Waals surface area contributed by atoms with Crippen LogP contribution in [-0.4, -0.2) is 13.7 Å².